The molecule has 0 saturated heterocycles. The second kappa shape index (κ2) is 7.74. The highest BCUT2D eigenvalue weighted by Gasteiger charge is 2.19. The normalized spacial score (nSPS) is 13.7. The van der Waals surface area contributed by atoms with Crippen LogP contribution in [0.25, 0.3) is 11.2 Å². The number of nitrogens with zero attached hydrogens (tertiary/aromatic N) is 4. The average molecular weight is 385 g/mol. The van der Waals surface area contributed by atoms with Gasteiger partial charge in [0.1, 0.15) is 11.8 Å². The number of aryl methyl sites for hydroxylation is 2. The van der Waals surface area contributed by atoms with Gasteiger partial charge < -0.3 is 19.8 Å². The van der Waals surface area contributed by atoms with Crippen molar-refractivity contribution in [1.82, 2.24) is 19.5 Å². The van der Waals surface area contributed by atoms with Crippen LogP contribution in [-0.2, 0) is 13.0 Å². The Kier molecular flexibility index (Phi) is 5.18. The Balaban J connectivity index is 1.78. The lowest BCUT2D eigenvalue weighted by Crippen LogP contribution is -2.11. The van der Waals surface area contributed by atoms with Crippen LogP contribution in [-0.4, -0.2) is 39.3 Å². The molecule has 0 aliphatic carbocycles. The first-order valence-corrected chi connectivity index (χ1v) is 10.0. The van der Waals surface area contributed by atoms with Crippen LogP contribution in [0.4, 0.5) is 0 Å². The Hall–Kier alpha value is -2.32. The maximum Gasteiger partial charge on any atom is 0.175 e. The van der Waals surface area contributed by atoms with Crippen LogP contribution in [0.1, 0.15) is 24.6 Å². The fourth-order valence-corrected chi connectivity index (χ4v) is 4.26. The summed E-state index contributed by atoms with van der Waals surface area (Å²) in [6.45, 7) is 6.62. The van der Waals surface area contributed by atoms with Crippen LogP contribution in [0.2, 0.25) is 0 Å². The Morgan fingerprint density at radius 3 is 2.70 bits per heavy atom. The predicted octanol–water partition coefficient (Wildman–Crippen LogP) is 2.97. The van der Waals surface area contributed by atoms with Crippen LogP contribution in [0.3, 0.4) is 0 Å². The molecule has 0 radical (unpaired) electrons. The van der Waals surface area contributed by atoms with Crippen LogP contribution in [0.15, 0.2) is 28.5 Å². The summed E-state index contributed by atoms with van der Waals surface area (Å²) in [4.78, 5) is 14.6. The van der Waals surface area contributed by atoms with Crippen molar-refractivity contribution >= 4 is 22.9 Å². The fraction of sp³-hybridized carbons (Fsp3) is 0.421. The maximum absolute atomic E-state index is 5.87. The van der Waals surface area contributed by atoms with Gasteiger partial charge in [0.05, 0.1) is 18.9 Å². The Bertz CT molecular complexity index is 972. The molecule has 0 saturated carbocycles. The minimum absolute atomic E-state index is 0.518. The number of fused-ring (bicyclic) bond motifs is 2. The van der Waals surface area contributed by atoms with E-state index in [-0.39, 0.29) is 0 Å². The first-order valence-electron chi connectivity index (χ1n) is 9.19. The van der Waals surface area contributed by atoms with E-state index in [1.165, 1.54) is 5.56 Å². The topological polar surface area (TPSA) is 88.1 Å². The van der Waals surface area contributed by atoms with Crippen molar-refractivity contribution in [3.05, 3.63) is 29.7 Å². The number of aromatic nitrogens is 4. The summed E-state index contributed by atoms with van der Waals surface area (Å²) in [5, 5.41) is 0.864. The Morgan fingerprint density at radius 2 is 1.96 bits per heavy atom. The molecular formula is C19H23N5O2S. The Labute approximate surface area is 162 Å². The summed E-state index contributed by atoms with van der Waals surface area (Å²) in [6, 6.07) is 4.15. The van der Waals surface area contributed by atoms with E-state index < -0.39 is 0 Å². The van der Waals surface area contributed by atoms with Gasteiger partial charge in [-0.15, -0.1) is 0 Å². The van der Waals surface area contributed by atoms with Gasteiger partial charge in [-0.05, 0) is 31.0 Å². The van der Waals surface area contributed by atoms with Crippen molar-refractivity contribution in [2.75, 3.05) is 19.8 Å². The summed E-state index contributed by atoms with van der Waals surface area (Å²) < 4.78 is 13.8. The standard InChI is InChI=1S/C19H23N5O2S/c1-3-13-9-14-15(26-8-4-7-25-14)10-16(13)27-19-23-17-12(2)21-11-22-18(17)24(19)6-5-20/h9-11H,3-8,20H2,1-2H3. The molecule has 1 aliphatic heterocycles. The minimum Gasteiger partial charge on any atom is -0.490 e. The van der Waals surface area contributed by atoms with E-state index in [9.17, 15) is 0 Å². The van der Waals surface area contributed by atoms with E-state index >= 15 is 0 Å². The van der Waals surface area contributed by atoms with Gasteiger partial charge in [-0.3, -0.25) is 0 Å². The molecule has 3 aromatic rings. The molecule has 0 bridgehead atoms. The number of imidazole rings is 1. The third-order valence-corrected chi connectivity index (χ3v) is 5.64. The van der Waals surface area contributed by atoms with Gasteiger partial charge in [0, 0.05) is 24.4 Å². The summed E-state index contributed by atoms with van der Waals surface area (Å²) in [6.07, 6.45) is 3.36. The molecule has 2 N–H and O–H groups in total. The predicted molar refractivity (Wildman–Crippen MR) is 105 cm³/mol. The lowest BCUT2D eigenvalue weighted by Gasteiger charge is -2.14. The lowest BCUT2D eigenvalue weighted by molar-refractivity contribution is 0.297. The molecule has 7 nitrogen and oxygen atoms in total. The summed E-state index contributed by atoms with van der Waals surface area (Å²) in [5.74, 6) is 1.62. The van der Waals surface area contributed by atoms with Gasteiger partial charge in [0.15, 0.2) is 22.3 Å². The fourth-order valence-electron chi connectivity index (χ4n) is 3.14. The number of rotatable bonds is 5. The molecule has 3 heterocycles. The number of hydrogen-bond donors (Lipinski definition) is 1. The van der Waals surface area contributed by atoms with Gasteiger partial charge in [0.2, 0.25) is 0 Å². The maximum atomic E-state index is 5.87. The molecular weight excluding hydrogens is 362 g/mol. The number of benzene rings is 1. The number of ether oxygens (including phenoxy) is 2. The van der Waals surface area contributed by atoms with Crippen molar-refractivity contribution in [2.45, 2.75) is 43.3 Å². The first kappa shape index (κ1) is 18.1. The Morgan fingerprint density at radius 1 is 1.19 bits per heavy atom. The lowest BCUT2D eigenvalue weighted by atomic mass is 10.1. The monoisotopic (exact) mass is 385 g/mol. The van der Waals surface area contributed by atoms with Crippen molar-refractivity contribution in [1.29, 1.82) is 0 Å². The molecule has 142 valence electrons. The molecule has 0 atom stereocenters. The summed E-state index contributed by atoms with van der Waals surface area (Å²) >= 11 is 1.61. The number of nitrogens with two attached hydrogens (primary N) is 1. The zero-order valence-corrected chi connectivity index (χ0v) is 16.4. The largest absolute Gasteiger partial charge is 0.490 e. The molecule has 27 heavy (non-hydrogen) atoms. The summed E-state index contributed by atoms with van der Waals surface area (Å²) in [5.41, 5.74) is 9.55. The number of hydrogen-bond acceptors (Lipinski definition) is 7. The van der Waals surface area contributed by atoms with Crippen LogP contribution < -0.4 is 15.2 Å². The SMILES string of the molecule is CCc1cc2c(cc1Sc1nc3c(C)ncnc3n1CCN)OCCCO2. The highest BCUT2D eigenvalue weighted by atomic mass is 32.2. The van der Waals surface area contributed by atoms with E-state index in [0.29, 0.717) is 26.3 Å². The van der Waals surface area contributed by atoms with Gasteiger partial charge in [-0.25, -0.2) is 15.0 Å². The first-order chi connectivity index (χ1) is 13.2. The van der Waals surface area contributed by atoms with E-state index in [4.69, 9.17) is 20.2 Å². The zero-order chi connectivity index (χ0) is 18.8. The van der Waals surface area contributed by atoms with Crippen molar-refractivity contribution < 1.29 is 9.47 Å². The van der Waals surface area contributed by atoms with Crippen LogP contribution >= 0.6 is 11.8 Å². The smallest absolute Gasteiger partial charge is 0.175 e. The quantitative estimate of drug-likeness (QED) is 0.722. The molecule has 1 aliphatic rings. The summed E-state index contributed by atoms with van der Waals surface area (Å²) in [7, 11) is 0. The zero-order valence-electron chi connectivity index (χ0n) is 15.6. The third-order valence-electron chi connectivity index (χ3n) is 4.55. The van der Waals surface area contributed by atoms with E-state index in [0.717, 1.165) is 51.3 Å². The molecule has 8 heteroatoms. The van der Waals surface area contributed by atoms with Gasteiger partial charge in [0.25, 0.3) is 0 Å². The second-order valence-electron chi connectivity index (χ2n) is 6.38. The van der Waals surface area contributed by atoms with Gasteiger partial charge in [-0.1, -0.05) is 18.7 Å². The van der Waals surface area contributed by atoms with E-state index in [1.54, 1.807) is 18.1 Å². The molecule has 0 unspecified atom stereocenters. The van der Waals surface area contributed by atoms with Crippen molar-refractivity contribution in [3.63, 3.8) is 0 Å². The highest BCUT2D eigenvalue weighted by molar-refractivity contribution is 7.99. The highest BCUT2D eigenvalue weighted by Crippen LogP contribution is 2.40. The average Bonchev–Trinajstić information content (AvgIpc) is 2.86. The van der Waals surface area contributed by atoms with E-state index in [1.807, 2.05) is 6.92 Å². The van der Waals surface area contributed by atoms with Crippen molar-refractivity contribution in [2.24, 2.45) is 5.73 Å². The van der Waals surface area contributed by atoms with E-state index in [2.05, 4.69) is 33.6 Å². The molecule has 0 fully saturated rings. The van der Waals surface area contributed by atoms with Gasteiger partial charge in [-0.2, -0.15) is 0 Å². The molecule has 4 rings (SSSR count). The molecule has 2 aromatic heterocycles. The van der Waals surface area contributed by atoms with Crippen molar-refractivity contribution in [3.8, 4) is 11.5 Å². The van der Waals surface area contributed by atoms with Crippen LogP contribution in [0.5, 0.6) is 11.5 Å². The van der Waals surface area contributed by atoms with Crippen LogP contribution in [0, 0.1) is 6.92 Å². The van der Waals surface area contributed by atoms with Gasteiger partial charge >= 0.3 is 0 Å². The molecule has 0 spiro atoms. The molecule has 1 aromatic carbocycles. The molecule has 0 amide bonds. The minimum atomic E-state index is 0.518. The second-order valence-corrected chi connectivity index (χ2v) is 7.39. The third kappa shape index (κ3) is 3.46.